The molecule has 5 nitrogen and oxygen atoms in total. The molecule has 0 unspecified atom stereocenters. The minimum atomic E-state index is -0.0903. The predicted octanol–water partition coefficient (Wildman–Crippen LogP) is 4.44. The molecule has 33 heavy (non-hydrogen) atoms. The number of anilines is 1. The van der Waals surface area contributed by atoms with Crippen LogP contribution in [0.5, 0.6) is 5.75 Å². The summed E-state index contributed by atoms with van der Waals surface area (Å²) in [5.41, 5.74) is 6.16. The normalized spacial score (nSPS) is 16.0. The lowest BCUT2D eigenvalue weighted by atomic mass is 9.94. The van der Waals surface area contributed by atoms with Crippen molar-refractivity contribution in [2.75, 3.05) is 44.7 Å². The van der Waals surface area contributed by atoms with Gasteiger partial charge in [-0.1, -0.05) is 60.7 Å². The van der Waals surface area contributed by atoms with Gasteiger partial charge in [-0.05, 0) is 29.7 Å². The number of rotatable bonds is 7. The fraction of sp³-hybridized carbons (Fsp3) is 0.286. The Balaban J connectivity index is 1.21. The molecule has 5 rings (SSSR count). The SMILES string of the molecule is COc1ccccc1N1CCN(CCC2=NC(=O)c3c(Cc4ccccc4)cccc32)CC1. The van der Waals surface area contributed by atoms with E-state index in [1.54, 1.807) is 7.11 Å². The first-order chi connectivity index (χ1) is 16.2. The van der Waals surface area contributed by atoms with E-state index in [4.69, 9.17) is 4.74 Å². The monoisotopic (exact) mass is 439 g/mol. The van der Waals surface area contributed by atoms with Crippen LogP contribution in [0.15, 0.2) is 77.8 Å². The summed E-state index contributed by atoms with van der Waals surface area (Å²) >= 11 is 0. The fourth-order valence-corrected chi connectivity index (χ4v) is 4.85. The summed E-state index contributed by atoms with van der Waals surface area (Å²) in [4.78, 5) is 22.1. The molecule has 0 radical (unpaired) electrons. The van der Waals surface area contributed by atoms with Crippen LogP contribution in [-0.2, 0) is 6.42 Å². The molecule has 3 aromatic carbocycles. The van der Waals surface area contributed by atoms with Gasteiger partial charge >= 0.3 is 0 Å². The Labute approximate surface area is 195 Å². The molecule has 2 heterocycles. The molecule has 0 aromatic heterocycles. The van der Waals surface area contributed by atoms with Crippen molar-refractivity contribution in [2.24, 2.45) is 4.99 Å². The van der Waals surface area contributed by atoms with Gasteiger partial charge in [0.25, 0.3) is 5.91 Å². The average molecular weight is 440 g/mol. The lowest BCUT2D eigenvalue weighted by Crippen LogP contribution is -2.47. The third-order valence-corrected chi connectivity index (χ3v) is 6.61. The fourth-order valence-electron chi connectivity index (χ4n) is 4.85. The van der Waals surface area contributed by atoms with E-state index < -0.39 is 0 Å². The molecule has 0 spiro atoms. The quantitative estimate of drug-likeness (QED) is 0.546. The van der Waals surface area contributed by atoms with E-state index in [9.17, 15) is 4.79 Å². The molecular weight excluding hydrogens is 410 g/mol. The number of hydrogen-bond donors (Lipinski definition) is 0. The van der Waals surface area contributed by atoms with Crippen LogP contribution in [0.3, 0.4) is 0 Å². The predicted molar refractivity (Wildman–Crippen MR) is 133 cm³/mol. The van der Waals surface area contributed by atoms with Crippen molar-refractivity contribution in [2.45, 2.75) is 12.8 Å². The topological polar surface area (TPSA) is 45.1 Å². The van der Waals surface area contributed by atoms with Gasteiger partial charge in [0.1, 0.15) is 5.75 Å². The van der Waals surface area contributed by atoms with E-state index in [0.717, 1.165) is 79.4 Å². The third-order valence-electron chi connectivity index (χ3n) is 6.61. The molecule has 0 saturated carbocycles. The van der Waals surface area contributed by atoms with Gasteiger partial charge in [0.2, 0.25) is 0 Å². The van der Waals surface area contributed by atoms with E-state index in [0.29, 0.717) is 0 Å². The molecule has 1 fully saturated rings. The number of carbonyl (C=O) groups is 1. The van der Waals surface area contributed by atoms with Crippen LogP contribution in [0.25, 0.3) is 0 Å². The van der Waals surface area contributed by atoms with E-state index in [1.807, 2.05) is 36.4 Å². The van der Waals surface area contributed by atoms with Crippen molar-refractivity contribution >= 4 is 17.3 Å². The summed E-state index contributed by atoms with van der Waals surface area (Å²) in [6, 6.07) is 24.7. The Hall–Kier alpha value is -3.44. The highest BCUT2D eigenvalue weighted by molar-refractivity contribution is 6.22. The van der Waals surface area contributed by atoms with E-state index in [2.05, 4.69) is 51.2 Å². The first-order valence-corrected chi connectivity index (χ1v) is 11.6. The molecule has 0 aliphatic carbocycles. The minimum absolute atomic E-state index is 0.0903. The summed E-state index contributed by atoms with van der Waals surface area (Å²) in [5.74, 6) is 0.834. The number of hydrogen-bond acceptors (Lipinski definition) is 4. The standard InChI is InChI=1S/C28H29N3O2/c1-33-26-13-6-5-12-25(26)31-18-16-30(17-19-31)15-14-24-23-11-7-10-22(27(23)28(32)29-24)20-21-8-3-2-4-9-21/h2-13H,14-20H2,1H3. The third kappa shape index (κ3) is 4.55. The summed E-state index contributed by atoms with van der Waals surface area (Å²) in [5, 5.41) is 0. The number of piperazine rings is 1. The molecule has 0 atom stereocenters. The molecular formula is C28H29N3O2. The number of fused-ring (bicyclic) bond motifs is 1. The number of carbonyl (C=O) groups excluding carboxylic acids is 1. The molecule has 5 heteroatoms. The molecule has 2 aliphatic rings. The van der Waals surface area contributed by atoms with Crippen LogP contribution in [0.4, 0.5) is 5.69 Å². The van der Waals surface area contributed by atoms with Crippen molar-refractivity contribution in [1.82, 2.24) is 4.90 Å². The van der Waals surface area contributed by atoms with Gasteiger partial charge in [-0.2, -0.15) is 0 Å². The van der Waals surface area contributed by atoms with E-state index in [-0.39, 0.29) is 5.91 Å². The molecule has 2 aliphatic heterocycles. The van der Waals surface area contributed by atoms with Gasteiger partial charge in [-0.3, -0.25) is 9.69 Å². The van der Waals surface area contributed by atoms with E-state index in [1.165, 1.54) is 5.56 Å². The van der Waals surface area contributed by atoms with Gasteiger partial charge in [-0.25, -0.2) is 4.99 Å². The molecule has 168 valence electrons. The first-order valence-electron chi connectivity index (χ1n) is 11.6. The zero-order valence-corrected chi connectivity index (χ0v) is 19.0. The van der Waals surface area contributed by atoms with Crippen molar-refractivity contribution < 1.29 is 9.53 Å². The minimum Gasteiger partial charge on any atom is -0.495 e. The van der Waals surface area contributed by atoms with Crippen molar-refractivity contribution in [3.63, 3.8) is 0 Å². The smallest absolute Gasteiger partial charge is 0.278 e. The van der Waals surface area contributed by atoms with Crippen LogP contribution in [0, 0.1) is 0 Å². The van der Waals surface area contributed by atoms with Crippen LogP contribution in [0.2, 0.25) is 0 Å². The van der Waals surface area contributed by atoms with Crippen molar-refractivity contribution in [3.05, 3.63) is 95.1 Å². The lowest BCUT2D eigenvalue weighted by molar-refractivity contribution is 0.101. The van der Waals surface area contributed by atoms with Gasteiger partial charge in [0.05, 0.1) is 24.1 Å². The molecule has 0 bridgehead atoms. The highest BCUT2D eigenvalue weighted by Crippen LogP contribution is 2.29. The van der Waals surface area contributed by atoms with Gasteiger partial charge in [-0.15, -0.1) is 0 Å². The van der Waals surface area contributed by atoms with Crippen LogP contribution in [-0.4, -0.2) is 56.4 Å². The van der Waals surface area contributed by atoms with Crippen molar-refractivity contribution in [3.8, 4) is 5.75 Å². The highest BCUT2D eigenvalue weighted by atomic mass is 16.5. The van der Waals surface area contributed by atoms with Gasteiger partial charge in [0.15, 0.2) is 0 Å². The van der Waals surface area contributed by atoms with Gasteiger partial charge < -0.3 is 9.64 Å². The highest BCUT2D eigenvalue weighted by Gasteiger charge is 2.27. The Kier molecular flexibility index (Phi) is 6.22. The number of aliphatic imine (C=N–C) groups is 1. The molecule has 3 aromatic rings. The Bertz CT molecular complexity index is 1160. The number of amides is 1. The lowest BCUT2D eigenvalue weighted by Gasteiger charge is -2.36. The Morgan fingerprint density at radius 3 is 2.42 bits per heavy atom. The van der Waals surface area contributed by atoms with Crippen LogP contribution in [0.1, 0.15) is 33.5 Å². The summed E-state index contributed by atoms with van der Waals surface area (Å²) in [6.07, 6.45) is 1.55. The van der Waals surface area contributed by atoms with Crippen LogP contribution < -0.4 is 9.64 Å². The number of methoxy groups -OCH3 is 1. The molecule has 1 saturated heterocycles. The summed E-state index contributed by atoms with van der Waals surface area (Å²) in [7, 11) is 1.72. The zero-order valence-electron chi connectivity index (χ0n) is 19.0. The number of nitrogens with zero attached hydrogens (tertiary/aromatic N) is 3. The summed E-state index contributed by atoms with van der Waals surface area (Å²) < 4.78 is 5.53. The van der Waals surface area contributed by atoms with Crippen LogP contribution >= 0.6 is 0 Å². The van der Waals surface area contributed by atoms with E-state index >= 15 is 0 Å². The second-order valence-corrected chi connectivity index (χ2v) is 8.62. The molecule has 1 amide bonds. The number of para-hydroxylation sites is 2. The van der Waals surface area contributed by atoms with Crippen molar-refractivity contribution in [1.29, 1.82) is 0 Å². The van der Waals surface area contributed by atoms with Gasteiger partial charge in [0, 0.05) is 44.7 Å². The summed E-state index contributed by atoms with van der Waals surface area (Å²) in [6.45, 7) is 4.81. The maximum absolute atomic E-state index is 12.8. The Morgan fingerprint density at radius 2 is 1.64 bits per heavy atom. The first kappa shape index (κ1) is 21.4. The maximum atomic E-state index is 12.8. The second kappa shape index (κ2) is 9.59. The second-order valence-electron chi connectivity index (χ2n) is 8.62. The average Bonchev–Trinajstić information content (AvgIpc) is 3.20. The number of ether oxygens (including phenoxy) is 1. The molecule has 0 N–H and O–H groups in total. The number of benzene rings is 3. The maximum Gasteiger partial charge on any atom is 0.278 e. The zero-order chi connectivity index (χ0) is 22.6. The Morgan fingerprint density at radius 1 is 0.879 bits per heavy atom. The largest absolute Gasteiger partial charge is 0.495 e.